The maximum absolute atomic E-state index is 14.8. The molecule has 1 aromatic heterocycles. The number of hydrogen-bond acceptors (Lipinski definition) is 4. The summed E-state index contributed by atoms with van der Waals surface area (Å²) >= 11 is 6.60. The van der Waals surface area contributed by atoms with Crippen molar-refractivity contribution >= 4 is 17.7 Å². The standard InChI is InChI=1S/C25H32ClF4N3O2/c1-24(25(28,29)30)11-15(12-2-3-12)10-17-20(26)22(31-33(17)24)23(35)13-4-5-19(34)32(7-6-13)18-9-14-8-16(14)21(18)27/h10,12-14,16,18-19,21,23,34-35H,2-9,11H2,1H3/t13?,14-,16-,18-,19?,21-,23?,24?/m0/s1. The van der Waals surface area contributed by atoms with Crippen LogP contribution in [-0.2, 0) is 5.54 Å². The Kier molecular flexibility index (Phi) is 5.65. The lowest BCUT2D eigenvalue weighted by molar-refractivity contribution is -0.213. The number of likely N-dealkylation sites (tertiary alicyclic amines) is 1. The molecule has 2 aliphatic heterocycles. The number of aliphatic hydroxyl groups is 2. The van der Waals surface area contributed by atoms with Gasteiger partial charge in [-0.05, 0) is 81.6 Å². The van der Waals surface area contributed by atoms with E-state index >= 15 is 0 Å². The van der Waals surface area contributed by atoms with Gasteiger partial charge in [0.1, 0.15) is 24.2 Å². The number of aromatic nitrogens is 2. The van der Waals surface area contributed by atoms with Crippen LogP contribution >= 0.6 is 11.6 Å². The lowest BCUT2D eigenvalue weighted by atomic mass is 9.86. The van der Waals surface area contributed by atoms with E-state index in [9.17, 15) is 27.8 Å². The highest BCUT2D eigenvalue weighted by molar-refractivity contribution is 6.32. The monoisotopic (exact) mass is 517 g/mol. The summed E-state index contributed by atoms with van der Waals surface area (Å²) in [6.45, 7) is 1.56. The van der Waals surface area contributed by atoms with Crippen molar-refractivity contribution < 1.29 is 27.8 Å². The molecule has 0 amide bonds. The van der Waals surface area contributed by atoms with Crippen LogP contribution in [-0.4, -0.2) is 56.1 Å². The molecule has 194 valence electrons. The molecule has 0 aromatic carbocycles. The fourth-order valence-corrected chi connectivity index (χ4v) is 7.08. The maximum Gasteiger partial charge on any atom is 0.413 e. The molecule has 6 rings (SSSR count). The zero-order valence-electron chi connectivity index (χ0n) is 19.7. The molecule has 3 aliphatic carbocycles. The van der Waals surface area contributed by atoms with E-state index < -0.39 is 30.2 Å². The summed E-state index contributed by atoms with van der Waals surface area (Å²) in [4.78, 5) is 1.83. The zero-order valence-corrected chi connectivity index (χ0v) is 20.4. The Morgan fingerprint density at radius 1 is 1.17 bits per heavy atom. The molecule has 5 aliphatic rings. The molecule has 1 aromatic rings. The van der Waals surface area contributed by atoms with E-state index in [1.54, 1.807) is 6.08 Å². The maximum atomic E-state index is 14.8. The third-order valence-electron chi connectivity index (χ3n) is 9.32. The third kappa shape index (κ3) is 3.87. The summed E-state index contributed by atoms with van der Waals surface area (Å²) in [6, 6.07) is -0.299. The van der Waals surface area contributed by atoms with Crippen molar-refractivity contribution in [2.75, 3.05) is 6.54 Å². The van der Waals surface area contributed by atoms with Gasteiger partial charge in [0.2, 0.25) is 0 Å². The van der Waals surface area contributed by atoms with Crippen LogP contribution in [0.1, 0.15) is 75.8 Å². The molecule has 2 N–H and O–H groups in total. The predicted octanol–water partition coefficient (Wildman–Crippen LogP) is 5.21. The number of allylic oxidation sites excluding steroid dienone is 1. The summed E-state index contributed by atoms with van der Waals surface area (Å²) in [5.41, 5.74) is -1.23. The molecular formula is C25H32ClF4N3O2. The first-order valence-electron chi connectivity index (χ1n) is 12.8. The van der Waals surface area contributed by atoms with Gasteiger partial charge in [-0.15, -0.1) is 0 Å². The minimum absolute atomic E-state index is 0.0591. The average molecular weight is 518 g/mol. The van der Waals surface area contributed by atoms with Crippen LogP contribution in [0.25, 0.3) is 6.08 Å². The van der Waals surface area contributed by atoms with E-state index in [2.05, 4.69) is 5.10 Å². The second kappa shape index (κ2) is 8.17. The molecule has 1 saturated heterocycles. The van der Waals surface area contributed by atoms with Crippen molar-refractivity contribution in [2.24, 2.45) is 23.7 Å². The molecule has 3 heterocycles. The number of nitrogens with zero attached hydrogens (tertiary/aromatic N) is 3. The molecule has 0 bridgehead atoms. The second-order valence-corrected chi connectivity index (χ2v) is 12.0. The van der Waals surface area contributed by atoms with Gasteiger partial charge in [0.25, 0.3) is 0 Å². The fraction of sp³-hybridized carbons (Fsp3) is 0.800. The van der Waals surface area contributed by atoms with E-state index in [4.69, 9.17) is 11.6 Å². The smallest absolute Gasteiger partial charge is 0.386 e. The quantitative estimate of drug-likeness (QED) is 0.538. The lowest BCUT2D eigenvalue weighted by Crippen LogP contribution is -2.48. The molecule has 4 unspecified atom stereocenters. The summed E-state index contributed by atoms with van der Waals surface area (Å²) in [7, 11) is 0. The first-order valence-corrected chi connectivity index (χ1v) is 13.2. The van der Waals surface area contributed by atoms with Crippen molar-refractivity contribution in [1.82, 2.24) is 14.7 Å². The SMILES string of the molecule is CC1(C(F)(F)F)CC(C2CC2)=Cc2c(Cl)c(C(O)C3CCC(O)N([C@H]4C[C@@H]5C[C@@H]5[C@@H]4F)CC3)nn21. The van der Waals surface area contributed by atoms with E-state index in [1.807, 2.05) is 4.90 Å². The van der Waals surface area contributed by atoms with Crippen molar-refractivity contribution in [3.8, 4) is 0 Å². The van der Waals surface area contributed by atoms with Gasteiger partial charge < -0.3 is 10.2 Å². The fourth-order valence-electron chi connectivity index (χ4n) is 6.79. The zero-order chi connectivity index (χ0) is 24.9. The van der Waals surface area contributed by atoms with Gasteiger partial charge in [0.15, 0.2) is 5.54 Å². The number of aliphatic hydroxyl groups excluding tert-OH is 2. The van der Waals surface area contributed by atoms with Crippen LogP contribution in [0, 0.1) is 23.7 Å². The van der Waals surface area contributed by atoms with Gasteiger partial charge in [-0.1, -0.05) is 17.2 Å². The Labute approximate surface area is 207 Å². The van der Waals surface area contributed by atoms with Gasteiger partial charge in [-0.25, -0.2) is 9.07 Å². The highest BCUT2D eigenvalue weighted by Crippen LogP contribution is 2.55. The van der Waals surface area contributed by atoms with E-state index in [1.165, 1.54) is 0 Å². The van der Waals surface area contributed by atoms with Gasteiger partial charge in [-0.3, -0.25) is 4.90 Å². The van der Waals surface area contributed by atoms with Crippen molar-refractivity contribution in [1.29, 1.82) is 0 Å². The minimum atomic E-state index is -4.54. The van der Waals surface area contributed by atoms with E-state index in [-0.39, 0.29) is 46.6 Å². The van der Waals surface area contributed by atoms with Gasteiger partial charge in [-0.2, -0.15) is 18.3 Å². The molecule has 0 spiro atoms. The van der Waals surface area contributed by atoms with Gasteiger partial charge in [0.05, 0.1) is 10.7 Å². The van der Waals surface area contributed by atoms with Crippen LogP contribution in [0.4, 0.5) is 17.6 Å². The molecule has 4 fully saturated rings. The highest BCUT2D eigenvalue weighted by Gasteiger charge is 2.58. The predicted molar refractivity (Wildman–Crippen MR) is 122 cm³/mol. The van der Waals surface area contributed by atoms with Gasteiger partial charge >= 0.3 is 6.18 Å². The van der Waals surface area contributed by atoms with E-state index in [0.717, 1.165) is 42.9 Å². The summed E-state index contributed by atoms with van der Waals surface area (Å²) in [6.07, 6.45) is -1.14. The Morgan fingerprint density at radius 3 is 2.54 bits per heavy atom. The van der Waals surface area contributed by atoms with Crippen LogP contribution in [0.5, 0.6) is 0 Å². The Hall–Kier alpha value is -1.16. The lowest BCUT2D eigenvalue weighted by Gasteiger charge is -2.37. The third-order valence-corrected chi connectivity index (χ3v) is 9.71. The molecule has 0 radical (unpaired) electrons. The topological polar surface area (TPSA) is 61.5 Å². The van der Waals surface area contributed by atoms with E-state index in [0.29, 0.717) is 31.7 Å². The van der Waals surface area contributed by atoms with Crippen LogP contribution in [0.15, 0.2) is 5.57 Å². The Balaban J connectivity index is 1.26. The van der Waals surface area contributed by atoms with Gasteiger partial charge in [0, 0.05) is 19.0 Å². The first kappa shape index (κ1) is 24.2. The summed E-state index contributed by atoms with van der Waals surface area (Å²) < 4.78 is 58.5. The number of fused-ring (bicyclic) bond motifs is 2. The highest BCUT2D eigenvalue weighted by atomic mass is 35.5. The Morgan fingerprint density at radius 2 is 1.91 bits per heavy atom. The average Bonchev–Trinajstić information content (AvgIpc) is 3.70. The number of alkyl halides is 4. The van der Waals surface area contributed by atoms with Crippen LogP contribution in [0.3, 0.4) is 0 Å². The largest absolute Gasteiger partial charge is 0.413 e. The summed E-state index contributed by atoms with van der Waals surface area (Å²) in [5.74, 6) is 0.338. The number of rotatable bonds is 4. The normalized spacial score (nSPS) is 40.6. The molecule has 8 atom stereocenters. The molecule has 3 saturated carbocycles. The number of hydrogen-bond donors (Lipinski definition) is 2. The Bertz CT molecular complexity index is 1040. The van der Waals surface area contributed by atoms with Crippen molar-refractivity contribution in [2.45, 2.75) is 94.6 Å². The van der Waals surface area contributed by atoms with Crippen molar-refractivity contribution in [3.63, 3.8) is 0 Å². The van der Waals surface area contributed by atoms with Crippen LogP contribution in [0.2, 0.25) is 5.02 Å². The van der Waals surface area contributed by atoms with Crippen LogP contribution < -0.4 is 0 Å². The second-order valence-electron chi connectivity index (χ2n) is 11.6. The number of halogens is 5. The molecule has 10 heteroatoms. The minimum Gasteiger partial charge on any atom is -0.386 e. The van der Waals surface area contributed by atoms with Crippen molar-refractivity contribution in [3.05, 3.63) is 22.0 Å². The first-order chi connectivity index (χ1) is 16.5. The molecule has 35 heavy (non-hydrogen) atoms. The molecular weight excluding hydrogens is 486 g/mol. The molecule has 5 nitrogen and oxygen atoms in total. The summed E-state index contributed by atoms with van der Waals surface area (Å²) in [5, 5.41) is 26.3.